The van der Waals surface area contributed by atoms with E-state index >= 15 is 0 Å². The van der Waals surface area contributed by atoms with Gasteiger partial charge in [0.05, 0.1) is 0 Å². The number of hydrogen-bond acceptors (Lipinski definition) is 5. The number of aryl methyl sites for hydroxylation is 2. The molecule has 0 saturated carbocycles. The molecule has 2 N–H and O–H groups in total. The first-order valence-electron chi connectivity index (χ1n) is 9.77. The summed E-state index contributed by atoms with van der Waals surface area (Å²) in [6.45, 7) is 3.14. The SMILES string of the molecule is Cc1ccc(-c2noc(CCC(=O)NCC3NCCc4ccccc43)n2)cc1F. The molecule has 3 aromatic rings. The molecule has 0 radical (unpaired) electrons. The molecule has 0 aliphatic carbocycles. The van der Waals surface area contributed by atoms with Crippen LogP contribution in [-0.2, 0) is 17.6 Å². The van der Waals surface area contributed by atoms with Crippen LogP contribution in [0.1, 0.15) is 35.0 Å². The number of nitrogens with one attached hydrogen (secondary N) is 2. The zero-order valence-corrected chi connectivity index (χ0v) is 16.2. The Morgan fingerprint density at radius 1 is 1.31 bits per heavy atom. The van der Waals surface area contributed by atoms with E-state index in [1.807, 2.05) is 12.1 Å². The molecule has 4 rings (SSSR count). The Morgan fingerprint density at radius 2 is 2.17 bits per heavy atom. The first-order chi connectivity index (χ1) is 14.1. The fourth-order valence-electron chi connectivity index (χ4n) is 3.51. The van der Waals surface area contributed by atoms with Crippen LogP contribution in [0.5, 0.6) is 0 Å². The Labute approximate surface area is 168 Å². The number of aromatic nitrogens is 2. The van der Waals surface area contributed by atoms with Crippen molar-refractivity contribution < 1.29 is 13.7 Å². The maximum Gasteiger partial charge on any atom is 0.227 e. The summed E-state index contributed by atoms with van der Waals surface area (Å²) in [4.78, 5) is 16.5. The van der Waals surface area contributed by atoms with Crippen molar-refractivity contribution >= 4 is 5.91 Å². The molecule has 29 heavy (non-hydrogen) atoms. The minimum absolute atomic E-state index is 0.0732. The van der Waals surface area contributed by atoms with Crippen LogP contribution in [0.4, 0.5) is 4.39 Å². The van der Waals surface area contributed by atoms with Gasteiger partial charge in [-0.25, -0.2) is 4.39 Å². The molecular formula is C22H23FN4O2. The smallest absolute Gasteiger partial charge is 0.227 e. The molecule has 1 unspecified atom stereocenters. The van der Waals surface area contributed by atoms with E-state index in [0.717, 1.165) is 13.0 Å². The van der Waals surface area contributed by atoms with Gasteiger partial charge in [-0.05, 0) is 42.6 Å². The second-order valence-corrected chi connectivity index (χ2v) is 7.24. The average Bonchev–Trinajstić information content (AvgIpc) is 3.22. The largest absolute Gasteiger partial charge is 0.354 e. The predicted molar refractivity (Wildman–Crippen MR) is 107 cm³/mol. The number of benzene rings is 2. The molecular weight excluding hydrogens is 371 g/mol. The third kappa shape index (κ3) is 4.51. The Bertz CT molecular complexity index is 1020. The van der Waals surface area contributed by atoms with Crippen molar-refractivity contribution in [1.29, 1.82) is 0 Å². The van der Waals surface area contributed by atoms with Crippen molar-refractivity contribution in [3.63, 3.8) is 0 Å². The van der Waals surface area contributed by atoms with Gasteiger partial charge in [0.15, 0.2) is 0 Å². The molecule has 0 fully saturated rings. The van der Waals surface area contributed by atoms with E-state index in [4.69, 9.17) is 4.52 Å². The van der Waals surface area contributed by atoms with E-state index in [1.165, 1.54) is 17.2 Å². The van der Waals surface area contributed by atoms with Gasteiger partial charge in [-0.15, -0.1) is 0 Å². The first kappa shape index (κ1) is 19.3. The molecule has 1 atom stereocenters. The Kier molecular flexibility index (Phi) is 5.67. The molecule has 1 aliphatic heterocycles. The standard InChI is InChI=1S/C22H23FN4O2/c1-14-6-7-16(12-18(14)23)22-26-21(29-27-22)9-8-20(28)25-13-19-17-5-3-2-4-15(17)10-11-24-19/h2-7,12,19,24H,8-11,13H2,1H3,(H,25,28). The zero-order chi connectivity index (χ0) is 20.2. The molecule has 6 nitrogen and oxygen atoms in total. The van der Waals surface area contributed by atoms with Gasteiger partial charge in [-0.1, -0.05) is 41.6 Å². The summed E-state index contributed by atoms with van der Waals surface area (Å²) in [6, 6.07) is 13.2. The Hall–Kier alpha value is -3.06. The van der Waals surface area contributed by atoms with Crippen LogP contribution in [0.25, 0.3) is 11.4 Å². The molecule has 1 aromatic heterocycles. The number of hydrogen-bond donors (Lipinski definition) is 2. The van der Waals surface area contributed by atoms with Crippen molar-refractivity contribution in [3.8, 4) is 11.4 Å². The fourth-order valence-corrected chi connectivity index (χ4v) is 3.51. The van der Waals surface area contributed by atoms with Gasteiger partial charge in [0.2, 0.25) is 17.6 Å². The second-order valence-electron chi connectivity index (χ2n) is 7.24. The van der Waals surface area contributed by atoms with Crippen molar-refractivity contribution in [2.24, 2.45) is 0 Å². The maximum atomic E-state index is 13.7. The van der Waals surface area contributed by atoms with Crippen LogP contribution in [0.3, 0.4) is 0 Å². The summed E-state index contributed by atoms with van der Waals surface area (Å²) in [6.07, 6.45) is 1.59. The van der Waals surface area contributed by atoms with Gasteiger partial charge < -0.3 is 15.2 Å². The molecule has 150 valence electrons. The highest BCUT2D eigenvalue weighted by atomic mass is 19.1. The summed E-state index contributed by atoms with van der Waals surface area (Å²) < 4.78 is 18.9. The van der Waals surface area contributed by atoms with Crippen LogP contribution in [0.2, 0.25) is 0 Å². The van der Waals surface area contributed by atoms with E-state index in [1.54, 1.807) is 19.1 Å². The number of fused-ring (bicyclic) bond motifs is 1. The quantitative estimate of drug-likeness (QED) is 0.672. The maximum absolute atomic E-state index is 13.7. The highest BCUT2D eigenvalue weighted by molar-refractivity contribution is 5.76. The van der Waals surface area contributed by atoms with Gasteiger partial charge in [-0.3, -0.25) is 4.79 Å². The Balaban J connectivity index is 1.29. The predicted octanol–water partition coefficient (Wildman–Crippen LogP) is 3.12. The van der Waals surface area contributed by atoms with Crippen molar-refractivity contribution in [3.05, 3.63) is 70.9 Å². The van der Waals surface area contributed by atoms with Gasteiger partial charge in [-0.2, -0.15) is 4.98 Å². The molecule has 2 heterocycles. The van der Waals surface area contributed by atoms with Crippen LogP contribution < -0.4 is 10.6 Å². The molecule has 1 amide bonds. The average molecular weight is 394 g/mol. The molecule has 1 aliphatic rings. The monoisotopic (exact) mass is 394 g/mol. The first-order valence-corrected chi connectivity index (χ1v) is 9.77. The minimum Gasteiger partial charge on any atom is -0.354 e. The zero-order valence-electron chi connectivity index (χ0n) is 16.2. The molecule has 0 spiro atoms. The highest BCUT2D eigenvalue weighted by Crippen LogP contribution is 2.22. The number of amides is 1. The second kappa shape index (κ2) is 8.53. The van der Waals surface area contributed by atoms with Crippen molar-refractivity contribution in [2.75, 3.05) is 13.1 Å². The summed E-state index contributed by atoms with van der Waals surface area (Å²) in [7, 11) is 0. The van der Waals surface area contributed by atoms with Gasteiger partial charge in [0, 0.05) is 31.0 Å². The van der Waals surface area contributed by atoms with Gasteiger partial charge in [0.1, 0.15) is 5.82 Å². The van der Waals surface area contributed by atoms with E-state index in [-0.39, 0.29) is 24.2 Å². The van der Waals surface area contributed by atoms with Crippen LogP contribution >= 0.6 is 0 Å². The summed E-state index contributed by atoms with van der Waals surface area (Å²) in [5, 5.41) is 10.3. The third-order valence-corrected chi connectivity index (χ3v) is 5.18. The highest BCUT2D eigenvalue weighted by Gasteiger charge is 2.19. The van der Waals surface area contributed by atoms with Crippen LogP contribution in [0.15, 0.2) is 47.0 Å². The van der Waals surface area contributed by atoms with E-state index in [9.17, 15) is 9.18 Å². The number of nitrogens with zero attached hydrogens (tertiary/aromatic N) is 2. The normalized spacial score (nSPS) is 15.7. The molecule has 2 aromatic carbocycles. The number of rotatable bonds is 6. The van der Waals surface area contributed by atoms with Crippen LogP contribution in [-0.4, -0.2) is 29.1 Å². The van der Waals surface area contributed by atoms with Gasteiger partial charge in [0.25, 0.3) is 0 Å². The summed E-state index contributed by atoms with van der Waals surface area (Å²) in [5.41, 5.74) is 3.68. The summed E-state index contributed by atoms with van der Waals surface area (Å²) >= 11 is 0. The van der Waals surface area contributed by atoms with Crippen molar-refractivity contribution in [1.82, 2.24) is 20.8 Å². The lowest BCUT2D eigenvalue weighted by Crippen LogP contribution is -2.38. The Morgan fingerprint density at radius 3 is 3.03 bits per heavy atom. The van der Waals surface area contributed by atoms with Crippen molar-refractivity contribution in [2.45, 2.75) is 32.2 Å². The number of carbonyl (C=O) groups is 1. The summed E-state index contributed by atoms with van der Waals surface area (Å²) in [5.74, 6) is 0.293. The molecule has 0 saturated heterocycles. The lowest BCUT2D eigenvalue weighted by molar-refractivity contribution is -0.121. The topological polar surface area (TPSA) is 80.0 Å². The van der Waals surface area contributed by atoms with E-state index in [0.29, 0.717) is 35.8 Å². The third-order valence-electron chi connectivity index (χ3n) is 5.18. The van der Waals surface area contributed by atoms with Crippen LogP contribution in [0, 0.1) is 12.7 Å². The number of halogens is 1. The van der Waals surface area contributed by atoms with Gasteiger partial charge >= 0.3 is 0 Å². The number of carbonyl (C=O) groups excluding carboxylic acids is 1. The van der Waals surface area contributed by atoms with E-state index in [2.05, 4.69) is 32.9 Å². The minimum atomic E-state index is -0.314. The fraction of sp³-hybridized carbons (Fsp3) is 0.318. The molecule has 7 heteroatoms. The lowest BCUT2D eigenvalue weighted by Gasteiger charge is -2.27. The van der Waals surface area contributed by atoms with E-state index < -0.39 is 0 Å². The lowest BCUT2D eigenvalue weighted by atomic mass is 9.94. The molecule has 0 bridgehead atoms.